The Bertz CT molecular complexity index is 532. The van der Waals surface area contributed by atoms with E-state index in [0.717, 1.165) is 21.3 Å². The maximum absolute atomic E-state index is 3.60. The highest BCUT2D eigenvalue weighted by Crippen LogP contribution is 2.45. The van der Waals surface area contributed by atoms with E-state index in [1.54, 1.807) is 0 Å². The van der Waals surface area contributed by atoms with E-state index in [0.29, 0.717) is 0 Å². The second kappa shape index (κ2) is 10.1. The topological polar surface area (TPSA) is 0 Å². The van der Waals surface area contributed by atoms with E-state index in [9.17, 15) is 0 Å². The molecule has 0 fully saturated rings. The van der Waals surface area contributed by atoms with Crippen molar-refractivity contribution in [3.8, 4) is 0 Å². The molecule has 118 valence electrons. The molecule has 0 saturated carbocycles. The van der Waals surface area contributed by atoms with E-state index in [1.807, 2.05) is 21.6 Å². The molecular weight excluding hydrogens is 576 g/mol. The molecule has 22 heavy (non-hydrogen) atoms. The molecular formula is C16H14Br4S2. The predicted molar refractivity (Wildman–Crippen MR) is 115 cm³/mol. The van der Waals surface area contributed by atoms with Crippen molar-refractivity contribution < 1.29 is 0 Å². The van der Waals surface area contributed by atoms with Gasteiger partial charge in [-0.05, 0) is 22.3 Å². The van der Waals surface area contributed by atoms with Crippen LogP contribution in [0.15, 0.2) is 46.2 Å². The van der Waals surface area contributed by atoms with Gasteiger partial charge in [0.2, 0.25) is 0 Å². The molecule has 0 radical (unpaired) electrons. The van der Waals surface area contributed by atoms with Crippen molar-refractivity contribution in [2.75, 3.05) is 0 Å². The molecule has 0 aromatic heterocycles. The lowest BCUT2D eigenvalue weighted by atomic mass is 10.2. The van der Waals surface area contributed by atoms with Gasteiger partial charge in [-0.1, -0.05) is 122 Å². The van der Waals surface area contributed by atoms with Crippen LogP contribution in [-0.4, -0.2) is 0 Å². The van der Waals surface area contributed by atoms with Crippen LogP contribution in [0, 0.1) is 0 Å². The average Bonchev–Trinajstić information content (AvgIpc) is 2.58. The van der Waals surface area contributed by atoms with Crippen LogP contribution >= 0.6 is 85.3 Å². The molecule has 2 aromatic rings. The average molecular weight is 590 g/mol. The summed E-state index contributed by atoms with van der Waals surface area (Å²) < 4.78 is 0. The van der Waals surface area contributed by atoms with Crippen LogP contribution in [0.4, 0.5) is 0 Å². The summed E-state index contributed by atoms with van der Waals surface area (Å²) in [6, 6.07) is 13.0. The minimum atomic E-state index is 0.877. The summed E-state index contributed by atoms with van der Waals surface area (Å²) in [5, 5.41) is 3.51. The van der Waals surface area contributed by atoms with E-state index >= 15 is 0 Å². The molecule has 0 unspecified atom stereocenters. The largest absolute Gasteiger partial charge is 0.0876 e. The number of hydrogen-bond acceptors (Lipinski definition) is 2. The van der Waals surface area contributed by atoms with Crippen LogP contribution < -0.4 is 0 Å². The third-order valence-electron chi connectivity index (χ3n) is 3.14. The normalized spacial score (nSPS) is 10.9. The SMILES string of the molecule is BrCc1cccc(CBr)c1SSc1c(CBr)cccc1CBr. The molecule has 6 heteroatoms. The second-order valence-electron chi connectivity index (χ2n) is 4.51. The molecule has 0 N–H and O–H groups in total. The molecule has 0 saturated heterocycles. The number of hydrogen-bond donors (Lipinski definition) is 0. The first kappa shape index (κ1) is 19.4. The zero-order valence-corrected chi connectivity index (χ0v) is 19.6. The lowest BCUT2D eigenvalue weighted by Gasteiger charge is -2.14. The summed E-state index contributed by atoms with van der Waals surface area (Å²) >= 11 is 14.4. The summed E-state index contributed by atoms with van der Waals surface area (Å²) in [5.74, 6) is 0. The number of benzene rings is 2. The van der Waals surface area contributed by atoms with Gasteiger partial charge in [-0.2, -0.15) is 0 Å². The fourth-order valence-corrected chi connectivity index (χ4v) is 7.55. The number of halogens is 4. The zero-order chi connectivity index (χ0) is 15.9. The molecule has 2 aromatic carbocycles. The van der Waals surface area contributed by atoms with Crippen molar-refractivity contribution in [3.63, 3.8) is 0 Å². The highest BCUT2D eigenvalue weighted by Gasteiger charge is 2.13. The Balaban J connectivity index is 2.31. The first-order valence-corrected chi connectivity index (χ1v) is 13.2. The standard InChI is InChI=1S/C16H14Br4S2/c17-7-11-3-1-4-12(8-18)15(11)21-22-16-13(9-19)5-2-6-14(16)10-20/h1-6H,7-10H2. The summed E-state index contributed by atoms with van der Waals surface area (Å²) in [5.41, 5.74) is 5.36. The third kappa shape index (κ3) is 4.79. The van der Waals surface area contributed by atoms with Crippen molar-refractivity contribution in [2.45, 2.75) is 31.1 Å². The van der Waals surface area contributed by atoms with Crippen molar-refractivity contribution in [3.05, 3.63) is 58.7 Å². The summed E-state index contributed by atoms with van der Waals surface area (Å²) in [7, 11) is 3.70. The Kier molecular flexibility index (Phi) is 8.94. The predicted octanol–water partition coefficient (Wildman–Crippen LogP) is 8.07. The fourth-order valence-electron chi connectivity index (χ4n) is 1.99. The maximum Gasteiger partial charge on any atom is 0.0294 e. The Hall–Kier alpha value is 1.06. The van der Waals surface area contributed by atoms with Gasteiger partial charge in [-0.25, -0.2) is 0 Å². The van der Waals surface area contributed by atoms with Gasteiger partial charge in [0, 0.05) is 31.1 Å². The second-order valence-corrected chi connectivity index (χ2v) is 8.90. The third-order valence-corrected chi connectivity index (χ3v) is 8.27. The Morgan fingerprint density at radius 2 is 0.818 bits per heavy atom. The minimum Gasteiger partial charge on any atom is -0.0876 e. The lowest BCUT2D eigenvalue weighted by Crippen LogP contribution is -1.91. The maximum atomic E-state index is 3.60. The van der Waals surface area contributed by atoms with E-state index in [2.05, 4.69) is 100 Å². The van der Waals surface area contributed by atoms with Crippen LogP contribution in [0.5, 0.6) is 0 Å². The first-order chi connectivity index (χ1) is 10.7. The Labute approximate surface area is 173 Å². The van der Waals surface area contributed by atoms with E-state index in [4.69, 9.17) is 0 Å². The molecule has 0 amide bonds. The molecule has 0 spiro atoms. The fraction of sp³-hybridized carbons (Fsp3) is 0.250. The molecule has 0 aliphatic rings. The molecule has 0 aliphatic heterocycles. The van der Waals surface area contributed by atoms with Crippen molar-refractivity contribution >= 4 is 85.3 Å². The van der Waals surface area contributed by atoms with E-state index in [1.165, 1.54) is 32.0 Å². The zero-order valence-electron chi connectivity index (χ0n) is 11.6. The van der Waals surface area contributed by atoms with Gasteiger partial charge in [-0.3, -0.25) is 0 Å². The molecule has 0 nitrogen and oxygen atoms in total. The minimum absolute atomic E-state index is 0.877. The van der Waals surface area contributed by atoms with Gasteiger partial charge in [-0.15, -0.1) is 0 Å². The van der Waals surface area contributed by atoms with Crippen LogP contribution in [0.3, 0.4) is 0 Å². The summed E-state index contributed by atoms with van der Waals surface area (Å²) in [6.07, 6.45) is 0. The molecule has 0 heterocycles. The lowest BCUT2D eigenvalue weighted by molar-refractivity contribution is 1.19. The van der Waals surface area contributed by atoms with Gasteiger partial charge < -0.3 is 0 Å². The van der Waals surface area contributed by atoms with Crippen LogP contribution in [0.25, 0.3) is 0 Å². The molecule has 2 rings (SSSR count). The monoisotopic (exact) mass is 586 g/mol. The van der Waals surface area contributed by atoms with Gasteiger partial charge in [0.05, 0.1) is 0 Å². The summed E-state index contributed by atoms with van der Waals surface area (Å²) in [4.78, 5) is 2.71. The highest BCUT2D eigenvalue weighted by atomic mass is 79.9. The first-order valence-electron chi connectivity index (χ1n) is 6.55. The Morgan fingerprint density at radius 3 is 1.05 bits per heavy atom. The Morgan fingerprint density at radius 1 is 0.545 bits per heavy atom. The van der Waals surface area contributed by atoms with E-state index < -0.39 is 0 Å². The van der Waals surface area contributed by atoms with Crippen LogP contribution in [0.1, 0.15) is 22.3 Å². The molecule has 0 aliphatic carbocycles. The van der Waals surface area contributed by atoms with Crippen molar-refractivity contribution in [1.29, 1.82) is 0 Å². The summed E-state index contributed by atoms with van der Waals surface area (Å²) in [6.45, 7) is 0. The van der Waals surface area contributed by atoms with Gasteiger partial charge >= 0.3 is 0 Å². The number of alkyl halides is 4. The van der Waals surface area contributed by atoms with Crippen molar-refractivity contribution in [1.82, 2.24) is 0 Å². The van der Waals surface area contributed by atoms with Crippen molar-refractivity contribution in [2.24, 2.45) is 0 Å². The highest BCUT2D eigenvalue weighted by molar-refractivity contribution is 9.09. The van der Waals surface area contributed by atoms with Gasteiger partial charge in [0.25, 0.3) is 0 Å². The van der Waals surface area contributed by atoms with Crippen LogP contribution in [-0.2, 0) is 21.3 Å². The number of rotatable bonds is 7. The molecule has 0 bridgehead atoms. The van der Waals surface area contributed by atoms with Crippen LogP contribution in [0.2, 0.25) is 0 Å². The van der Waals surface area contributed by atoms with Gasteiger partial charge in [0.15, 0.2) is 0 Å². The smallest absolute Gasteiger partial charge is 0.0294 e. The van der Waals surface area contributed by atoms with Gasteiger partial charge in [0.1, 0.15) is 0 Å². The quantitative estimate of drug-likeness (QED) is 0.237. The van der Waals surface area contributed by atoms with E-state index in [-0.39, 0.29) is 0 Å². The molecule has 0 atom stereocenters.